The van der Waals surface area contributed by atoms with Gasteiger partial charge in [-0.3, -0.25) is 4.79 Å². The molecule has 3 rings (SSSR count). The summed E-state index contributed by atoms with van der Waals surface area (Å²) in [5.74, 6) is 0.0457. The predicted molar refractivity (Wildman–Crippen MR) is 73.2 cm³/mol. The first-order valence-corrected chi connectivity index (χ1v) is 6.47. The minimum absolute atomic E-state index is 0.0457. The first-order valence-electron chi connectivity index (χ1n) is 6.47. The largest absolute Gasteiger partial charge is 0.325 e. The third-order valence-electron chi connectivity index (χ3n) is 3.28. The van der Waals surface area contributed by atoms with Gasteiger partial charge in [-0.2, -0.15) is 5.10 Å². The molecule has 1 aromatic carbocycles. The van der Waals surface area contributed by atoms with Crippen LogP contribution in [0.25, 0.3) is 5.69 Å². The number of nitrogens with zero attached hydrogens (tertiary/aromatic N) is 2. The minimum Gasteiger partial charge on any atom is -0.325 e. The summed E-state index contributed by atoms with van der Waals surface area (Å²) in [4.78, 5) is 11.9. The van der Waals surface area contributed by atoms with Crippen LogP contribution in [0, 0.1) is 0 Å². The molecular weight excluding hydrogens is 240 g/mol. The maximum absolute atomic E-state index is 11.9. The zero-order valence-corrected chi connectivity index (χ0v) is 10.5. The molecule has 0 saturated carbocycles. The molecule has 2 aromatic rings. The van der Waals surface area contributed by atoms with Crippen molar-refractivity contribution in [1.29, 1.82) is 0 Å². The Morgan fingerprint density at radius 1 is 1.37 bits per heavy atom. The Labute approximate surface area is 111 Å². The Balaban J connectivity index is 1.67. The molecule has 2 N–H and O–H groups in total. The van der Waals surface area contributed by atoms with Crippen LogP contribution in [-0.4, -0.2) is 28.3 Å². The van der Waals surface area contributed by atoms with E-state index < -0.39 is 0 Å². The fraction of sp³-hybridized carbons (Fsp3) is 0.286. The first kappa shape index (κ1) is 11.9. The summed E-state index contributed by atoms with van der Waals surface area (Å²) in [6, 6.07) is 9.48. The van der Waals surface area contributed by atoms with Gasteiger partial charge in [0.25, 0.3) is 0 Å². The van der Waals surface area contributed by atoms with E-state index in [4.69, 9.17) is 0 Å². The number of hydrogen-bond donors (Lipinski definition) is 2. The molecule has 0 aliphatic carbocycles. The van der Waals surface area contributed by atoms with Gasteiger partial charge in [0.2, 0.25) is 5.91 Å². The van der Waals surface area contributed by atoms with Gasteiger partial charge in [0.15, 0.2) is 0 Å². The number of carbonyl (C=O) groups is 1. The van der Waals surface area contributed by atoms with E-state index >= 15 is 0 Å². The second-order valence-corrected chi connectivity index (χ2v) is 4.64. The molecule has 1 aliphatic heterocycles. The Hall–Kier alpha value is -2.14. The van der Waals surface area contributed by atoms with E-state index in [1.807, 2.05) is 36.5 Å². The second kappa shape index (κ2) is 5.24. The summed E-state index contributed by atoms with van der Waals surface area (Å²) in [7, 11) is 0. The fourth-order valence-electron chi connectivity index (χ4n) is 2.26. The van der Waals surface area contributed by atoms with Crippen LogP contribution in [-0.2, 0) is 4.79 Å². The molecule has 1 aromatic heterocycles. The van der Waals surface area contributed by atoms with Crippen LogP contribution in [0.5, 0.6) is 0 Å². The molecular formula is C14H16N4O. The Bertz CT molecular complexity index is 541. The number of hydrogen-bond acceptors (Lipinski definition) is 3. The first-order chi connectivity index (χ1) is 9.33. The Morgan fingerprint density at radius 2 is 2.21 bits per heavy atom. The van der Waals surface area contributed by atoms with E-state index in [9.17, 15) is 4.79 Å². The molecule has 1 aliphatic rings. The van der Waals surface area contributed by atoms with Crippen LogP contribution in [0.2, 0.25) is 0 Å². The molecule has 1 fully saturated rings. The smallest absolute Gasteiger partial charge is 0.241 e. The number of benzene rings is 1. The summed E-state index contributed by atoms with van der Waals surface area (Å²) in [6.07, 6.45) is 5.60. The van der Waals surface area contributed by atoms with E-state index in [1.165, 1.54) is 0 Å². The van der Waals surface area contributed by atoms with Gasteiger partial charge in [-0.1, -0.05) is 0 Å². The maximum atomic E-state index is 11.9. The topological polar surface area (TPSA) is 59.0 Å². The number of anilines is 1. The van der Waals surface area contributed by atoms with Crippen LogP contribution in [0.1, 0.15) is 12.8 Å². The summed E-state index contributed by atoms with van der Waals surface area (Å²) >= 11 is 0. The lowest BCUT2D eigenvalue weighted by atomic mass is 10.2. The van der Waals surface area contributed by atoms with Crippen LogP contribution < -0.4 is 10.6 Å². The van der Waals surface area contributed by atoms with Gasteiger partial charge in [-0.25, -0.2) is 4.68 Å². The Morgan fingerprint density at radius 3 is 2.84 bits per heavy atom. The standard InChI is InChI=1S/C14H16N4O/c19-14(13-3-1-8-15-13)17-11-4-6-12(7-5-11)18-10-2-9-16-18/h2,4-7,9-10,13,15H,1,3,8H2,(H,17,19)/t13-/m1/s1. The highest BCUT2D eigenvalue weighted by atomic mass is 16.2. The molecule has 0 bridgehead atoms. The van der Waals surface area contributed by atoms with E-state index in [0.29, 0.717) is 0 Å². The highest BCUT2D eigenvalue weighted by molar-refractivity contribution is 5.95. The van der Waals surface area contributed by atoms with Crippen molar-refractivity contribution in [3.8, 4) is 5.69 Å². The molecule has 2 heterocycles. The van der Waals surface area contributed by atoms with Crippen LogP contribution in [0.4, 0.5) is 5.69 Å². The molecule has 0 unspecified atom stereocenters. The molecule has 98 valence electrons. The monoisotopic (exact) mass is 256 g/mol. The van der Waals surface area contributed by atoms with Crippen molar-refractivity contribution >= 4 is 11.6 Å². The minimum atomic E-state index is -0.0502. The maximum Gasteiger partial charge on any atom is 0.241 e. The van der Waals surface area contributed by atoms with E-state index in [2.05, 4.69) is 15.7 Å². The molecule has 0 radical (unpaired) electrons. The molecule has 5 nitrogen and oxygen atoms in total. The third-order valence-corrected chi connectivity index (χ3v) is 3.28. The lowest BCUT2D eigenvalue weighted by Gasteiger charge is -2.11. The van der Waals surface area contributed by atoms with E-state index in [1.54, 1.807) is 10.9 Å². The van der Waals surface area contributed by atoms with Gasteiger partial charge >= 0.3 is 0 Å². The lowest BCUT2D eigenvalue weighted by molar-refractivity contribution is -0.117. The number of nitrogens with one attached hydrogen (secondary N) is 2. The van der Waals surface area contributed by atoms with Crippen molar-refractivity contribution in [2.75, 3.05) is 11.9 Å². The van der Waals surface area contributed by atoms with Crippen molar-refractivity contribution in [2.45, 2.75) is 18.9 Å². The van der Waals surface area contributed by atoms with Gasteiger partial charge in [-0.05, 0) is 49.7 Å². The van der Waals surface area contributed by atoms with Crippen molar-refractivity contribution in [3.05, 3.63) is 42.7 Å². The van der Waals surface area contributed by atoms with Gasteiger partial charge in [0, 0.05) is 18.1 Å². The molecule has 1 atom stereocenters. The highest BCUT2D eigenvalue weighted by Crippen LogP contribution is 2.14. The summed E-state index contributed by atoms with van der Waals surface area (Å²) in [5, 5.41) is 10.3. The van der Waals surface area contributed by atoms with Gasteiger partial charge in [0.1, 0.15) is 0 Å². The average Bonchev–Trinajstić information content (AvgIpc) is 3.13. The van der Waals surface area contributed by atoms with Gasteiger partial charge < -0.3 is 10.6 Å². The normalized spacial score (nSPS) is 18.4. The molecule has 5 heteroatoms. The molecule has 1 amide bonds. The molecule has 1 saturated heterocycles. The molecule has 19 heavy (non-hydrogen) atoms. The van der Waals surface area contributed by atoms with E-state index in [-0.39, 0.29) is 11.9 Å². The Kier molecular flexibility index (Phi) is 3.29. The van der Waals surface area contributed by atoms with Gasteiger partial charge in [-0.15, -0.1) is 0 Å². The zero-order chi connectivity index (χ0) is 13.1. The van der Waals surface area contributed by atoms with Crippen molar-refractivity contribution in [2.24, 2.45) is 0 Å². The summed E-state index contributed by atoms with van der Waals surface area (Å²) in [6.45, 7) is 0.927. The number of aromatic nitrogens is 2. The number of carbonyl (C=O) groups excluding carboxylic acids is 1. The van der Waals surface area contributed by atoms with Crippen LogP contribution in [0.3, 0.4) is 0 Å². The average molecular weight is 256 g/mol. The SMILES string of the molecule is O=C(Nc1ccc(-n2cccn2)cc1)[C@H]1CCCN1. The fourth-order valence-corrected chi connectivity index (χ4v) is 2.26. The lowest BCUT2D eigenvalue weighted by Crippen LogP contribution is -2.35. The van der Waals surface area contributed by atoms with Crippen molar-refractivity contribution in [1.82, 2.24) is 15.1 Å². The molecule has 0 spiro atoms. The highest BCUT2D eigenvalue weighted by Gasteiger charge is 2.21. The number of rotatable bonds is 3. The predicted octanol–water partition coefficient (Wildman–Crippen LogP) is 1.56. The van der Waals surface area contributed by atoms with Gasteiger partial charge in [0.05, 0.1) is 11.7 Å². The quantitative estimate of drug-likeness (QED) is 0.876. The van der Waals surface area contributed by atoms with Crippen LogP contribution in [0.15, 0.2) is 42.7 Å². The third kappa shape index (κ3) is 2.66. The zero-order valence-electron chi connectivity index (χ0n) is 10.5. The number of amides is 1. The van der Waals surface area contributed by atoms with Crippen molar-refractivity contribution in [3.63, 3.8) is 0 Å². The van der Waals surface area contributed by atoms with Crippen molar-refractivity contribution < 1.29 is 4.79 Å². The summed E-state index contributed by atoms with van der Waals surface area (Å²) < 4.78 is 1.78. The van der Waals surface area contributed by atoms with Crippen LogP contribution >= 0.6 is 0 Å². The second-order valence-electron chi connectivity index (χ2n) is 4.64. The summed E-state index contributed by atoms with van der Waals surface area (Å²) in [5.41, 5.74) is 1.79. The van der Waals surface area contributed by atoms with E-state index in [0.717, 1.165) is 30.8 Å².